The third kappa shape index (κ3) is 3.37. The van der Waals surface area contributed by atoms with Crippen molar-refractivity contribution in [3.8, 4) is 0 Å². The van der Waals surface area contributed by atoms with Gasteiger partial charge in [0.05, 0.1) is 6.61 Å². The summed E-state index contributed by atoms with van der Waals surface area (Å²) >= 11 is 0. The molecule has 2 fully saturated rings. The molecule has 5 atom stereocenters. The van der Waals surface area contributed by atoms with Crippen molar-refractivity contribution < 1.29 is 5.11 Å². The van der Waals surface area contributed by atoms with Crippen LogP contribution in [0.25, 0.3) is 0 Å². The zero-order valence-corrected chi connectivity index (χ0v) is 14.0. The Morgan fingerprint density at radius 3 is 2.60 bits per heavy atom. The minimum absolute atomic E-state index is 0.0392. The number of rotatable bonds is 4. The van der Waals surface area contributed by atoms with E-state index >= 15 is 0 Å². The first kappa shape index (κ1) is 16.3. The SMILES string of the molecule is CC1CC(C)C(C)N(C2CCC(CO)(NC(C)C)C2)C1. The fourth-order valence-electron chi connectivity index (χ4n) is 4.55. The highest BCUT2D eigenvalue weighted by atomic mass is 16.3. The van der Waals surface area contributed by atoms with Crippen LogP contribution in [-0.4, -0.2) is 46.8 Å². The quantitative estimate of drug-likeness (QED) is 0.832. The van der Waals surface area contributed by atoms with Crippen LogP contribution in [0.15, 0.2) is 0 Å². The van der Waals surface area contributed by atoms with E-state index in [0.717, 1.165) is 24.7 Å². The normalized spacial score (nSPS) is 43.4. The van der Waals surface area contributed by atoms with Gasteiger partial charge in [0.2, 0.25) is 0 Å². The van der Waals surface area contributed by atoms with Crippen LogP contribution in [0.4, 0.5) is 0 Å². The first-order chi connectivity index (χ1) is 9.37. The summed E-state index contributed by atoms with van der Waals surface area (Å²) in [6.45, 7) is 13.0. The molecule has 2 rings (SSSR count). The van der Waals surface area contributed by atoms with Crippen molar-refractivity contribution in [2.45, 2.75) is 84.0 Å². The van der Waals surface area contributed by atoms with E-state index in [9.17, 15) is 5.11 Å². The molecule has 118 valence electrons. The molecule has 0 aromatic rings. The van der Waals surface area contributed by atoms with Crippen molar-refractivity contribution in [1.29, 1.82) is 0 Å². The number of hydrogen-bond acceptors (Lipinski definition) is 3. The molecular weight excluding hydrogens is 248 g/mol. The highest BCUT2D eigenvalue weighted by molar-refractivity contribution is 5.02. The van der Waals surface area contributed by atoms with Crippen molar-refractivity contribution >= 4 is 0 Å². The highest BCUT2D eigenvalue weighted by Crippen LogP contribution is 2.38. The fourth-order valence-corrected chi connectivity index (χ4v) is 4.55. The number of hydrogen-bond donors (Lipinski definition) is 2. The smallest absolute Gasteiger partial charge is 0.0614 e. The molecule has 1 saturated carbocycles. The third-order valence-corrected chi connectivity index (χ3v) is 5.59. The monoisotopic (exact) mass is 282 g/mol. The molecule has 3 nitrogen and oxygen atoms in total. The Morgan fingerprint density at radius 1 is 1.30 bits per heavy atom. The summed E-state index contributed by atoms with van der Waals surface area (Å²) in [5.74, 6) is 1.60. The van der Waals surface area contributed by atoms with Crippen LogP contribution in [0, 0.1) is 11.8 Å². The van der Waals surface area contributed by atoms with E-state index in [0.29, 0.717) is 18.1 Å². The summed E-state index contributed by atoms with van der Waals surface area (Å²) in [6.07, 6.45) is 4.80. The number of nitrogens with zero attached hydrogens (tertiary/aromatic N) is 1. The molecule has 2 aliphatic rings. The van der Waals surface area contributed by atoms with Crippen LogP contribution in [-0.2, 0) is 0 Å². The summed E-state index contributed by atoms with van der Waals surface area (Å²) < 4.78 is 0. The lowest BCUT2D eigenvalue weighted by Crippen LogP contribution is -2.53. The van der Waals surface area contributed by atoms with E-state index in [1.807, 2.05) is 0 Å². The first-order valence-electron chi connectivity index (χ1n) is 8.51. The Bertz CT molecular complexity index is 320. The molecule has 0 radical (unpaired) electrons. The fraction of sp³-hybridized carbons (Fsp3) is 1.00. The molecule has 1 aliphatic carbocycles. The third-order valence-electron chi connectivity index (χ3n) is 5.59. The second kappa shape index (κ2) is 6.33. The molecule has 0 bridgehead atoms. The lowest BCUT2D eigenvalue weighted by Gasteiger charge is -2.45. The number of likely N-dealkylation sites (tertiary alicyclic amines) is 1. The molecule has 1 aliphatic heterocycles. The van der Waals surface area contributed by atoms with Gasteiger partial charge in [-0.15, -0.1) is 0 Å². The maximum atomic E-state index is 9.87. The van der Waals surface area contributed by atoms with Crippen LogP contribution >= 0.6 is 0 Å². The maximum Gasteiger partial charge on any atom is 0.0614 e. The lowest BCUT2D eigenvalue weighted by molar-refractivity contribution is 0.0361. The van der Waals surface area contributed by atoms with Crippen LogP contribution in [0.1, 0.15) is 60.3 Å². The topological polar surface area (TPSA) is 35.5 Å². The predicted octanol–water partition coefficient (Wildman–Crippen LogP) is 2.63. The molecular formula is C17H34N2O. The van der Waals surface area contributed by atoms with Gasteiger partial charge >= 0.3 is 0 Å². The lowest BCUT2D eigenvalue weighted by atomic mass is 9.84. The van der Waals surface area contributed by atoms with Gasteiger partial charge < -0.3 is 10.4 Å². The number of aliphatic hydroxyl groups excluding tert-OH is 1. The molecule has 1 saturated heterocycles. The second-order valence-electron chi connectivity index (χ2n) is 7.89. The maximum absolute atomic E-state index is 9.87. The summed E-state index contributed by atoms with van der Waals surface area (Å²) in [6, 6.07) is 1.77. The Kier molecular flexibility index (Phi) is 5.14. The van der Waals surface area contributed by atoms with Gasteiger partial charge in [0.1, 0.15) is 0 Å². The number of nitrogens with one attached hydrogen (secondary N) is 1. The average molecular weight is 282 g/mol. The van der Waals surface area contributed by atoms with Gasteiger partial charge in [-0.1, -0.05) is 27.7 Å². The average Bonchev–Trinajstić information content (AvgIpc) is 2.77. The Balaban J connectivity index is 2.03. The van der Waals surface area contributed by atoms with Crippen molar-refractivity contribution in [1.82, 2.24) is 10.2 Å². The number of aliphatic hydroxyl groups is 1. The van der Waals surface area contributed by atoms with Crippen molar-refractivity contribution in [3.63, 3.8) is 0 Å². The zero-order valence-electron chi connectivity index (χ0n) is 14.0. The first-order valence-corrected chi connectivity index (χ1v) is 8.51. The molecule has 2 N–H and O–H groups in total. The van der Waals surface area contributed by atoms with Crippen molar-refractivity contribution in [2.75, 3.05) is 13.2 Å². The van der Waals surface area contributed by atoms with E-state index in [4.69, 9.17) is 0 Å². The minimum Gasteiger partial charge on any atom is -0.394 e. The van der Waals surface area contributed by atoms with Gasteiger partial charge in [0.25, 0.3) is 0 Å². The largest absolute Gasteiger partial charge is 0.394 e. The molecule has 20 heavy (non-hydrogen) atoms. The number of piperidine rings is 1. The van der Waals surface area contributed by atoms with E-state index in [-0.39, 0.29) is 12.1 Å². The van der Waals surface area contributed by atoms with Gasteiger partial charge in [0, 0.05) is 30.2 Å². The standard InChI is InChI=1S/C17H34N2O/c1-12(2)18-17(11-20)7-6-16(9-17)19-10-13(3)8-14(4)15(19)5/h12-16,18,20H,6-11H2,1-5H3. The molecule has 1 heterocycles. The van der Waals surface area contributed by atoms with Gasteiger partial charge in [-0.3, -0.25) is 4.90 Å². The van der Waals surface area contributed by atoms with Crippen molar-refractivity contribution in [3.05, 3.63) is 0 Å². The van der Waals surface area contributed by atoms with E-state index in [1.165, 1.54) is 19.4 Å². The summed E-state index contributed by atoms with van der Waals surface area (Å²) in [4.78, 5) is 2.73. The Labute approximate surface area is 125 Å². The minimum atomic E-state index is -0.0392. The van der Waals surface area contributed by atoms with Crippen molar-refractivity contribution in [2.24, 2.45) is 11.8 Å². The van der Waals surface area contributed by atoms with Crippen LogP contribution in [0.3, 0.4) is 0 Å². The molecule has 3 heteroatoms. The van der Waals surface area contributed by atoms with E-state index < -0.39 is 0 Å². The molecule has 0 amide bonds. The van der Waals surface area contributed by atoms with Crippen LogP contribution < -0.4 is 5.32 Å². The Hall–Kier alpha value is -0.120. The molecule has 0 aromatic heterocycles. The second-order valence-corrected chi connectivity index (χ2v) is 7.89. The summed E-state index contributed by atoms with van der Waals surface area (Å²) in [7, 11) is 0. The van der Waals surface area contributed by atoms with E-state index in [2.05, 4.69) is 44.8 Å². The molecule has 0 aromatic carbocycles. The summed E-state index contributed by atoms with van der Waals surface area (Å²) in [5, 5.41) is 13.5. The van der Waals surface area contributed by atoms with Gasteiger partial charge in [-0.25, -0.2) is 0 Å². The Morgan fingerprint density at radius 2 is 2.00 bits per heavy atom. The highest BCUT2D eigenvalue weighted by Gasteiger charge is 2.43. The summed E-state index contributed by atoms with van der Waals surface area (Å²) in [5.41, 5.74) is -0.0392. The van der Waals surface area contributed by atoms with Gasteiger partial charge in [-0.2, -0.15) is 0 Å². The predicted molar refractivity (Wildman–Crippen MR) is 84.8 cm³/mol. The van der Waals surface area contributed by atoms with E-state index in [1.54, 1.807) is 0 Å². The molecule has 0 spiro atoms. The van der Waals surface area contributed by atoms with Crippen LogP contribution in [0.5, 0.6) is 0 Å². The molecule has 5 unspecified atom stereocenters. The van der Waals surface area contributed by atoms with Gasteiger partial charge in [-0.05, 0) is 44.4 Å². The van der Waals surface area contributed by atoms with Gasteiger partial charge in [0.15, 0.2) is 0 Å². The van der Waals surface area contributed by atoms with Crippen LogP contribution in [0.2, 0.25) is 0 Å². The zero-order chi connectivity index (χ0) is 14.9.